The number of carbonyl (C=O) groups excluding carboxylic acids is 1. The summed E-state index contributed by atoms with van der Waals surface area (Å²) < 4.78 is 5.50. The van der Waals surface area contributed by atoms with Gasteiger partial charge in [0.15, 0.2) is 0 Å². The van der Waals surface area contributed by atoms with Gasteiger partial charge in [0.2, 0.25) is 5.91 Å². The largest absolute Gasteiger partial charge is 0.491 e. The van der Waals surface area contributed by atoms with Gasteiger partial charge in [0.1, 0.15) is 12.4 Å². The highest BCUT2D eigenvalue weighted by Crippen LogP contribution is 2.58. The van der Waals surface area contributed by atoms with Crippen LogP contribution in [0.4, 0.5) is 0 Å². The Balaban J connectivity index is 1.77. The van der Waals surface area contributed by atoms with Gasteiger partial charge in [-0.2, -0.15) is 0 Å². The monoisotopic (exact) mass is 448 g/mol. The van der Waals surface area contributed by atoms with E-state index in [2.05, 4.69) is 24.1 Å². The first-order valence-corrected chi connectivity index (χ1v) is 11.1. The number of aromatic nitrogens is 1. The van der Waals surface area contributed by atoms with Gasteiger partial charge in [-0.15, -0.1) is 0 Å². The van der Waals surface area contributed by atoms with Crippen LogP contribution in [0, 0.1) is 11.3 Å². The molecule has 2 fully saturated rings. The lowest BCUT2D eigenvalue weighted by molar-refractivity contribution is -0.129. The van der Waals surface area contributed by atoms with E-state index in [1.54, 1.807) is 12.3 Å². The Kier molecular flexibility index (Phi) is 5.97. The molecule has 7 heteroatoms. The zero-order valence-electron chi connectivity index (χ0n) is 17.1. The number of nitrogens with zero attached hydrogens (tertiary/aromatic N) is 1. The zero-order valence-corrected chi connectivity index (χ0v) is 18.6. The van der Waals surface area contributed by atoms with Crippen LogP contribution in [0.2, 0.25) is 10.0 Å². The second kappa shape index (κ2) is 8.37. The fourth-order valence-electron chi connectivity index (χ4n) is 5.42. The molecular weight excluding hydrogens is 423 g/mol. The molecule has 2 heterocycles. The van der Waals surface area contributed by atoms with Crippen molar-refractivity contribution in [2.24, 2.45) is 11.3 Å². The van der Waals surface area contributed by atoms with E-state index in [1.807, 2.05) is 24.3 Å². The minimum absolute atomic E-state index is 0.0247. The summed E-state index contributed by atoms with van der Waals surface area (Å²) in [5.41, 5.74) is 1.53. The molecule has 1 saturated heterocycles. The molecule has 1 aromatic heterocycles. The van der Waals surface area contributed by atoms with Crippen LogP contribution < -0.4 is 10.1 Å². The summed E-state index contributed by atoms with van der Waals surface area (Å²) in [6.45, 7) is 4.32. The average molecular weight is 449 g/mol. The first-order chi connectivity index (χ1) is 14.3. The predicted molar refractivity (Wildman–Crippen MR) is 117 cm³/mol. The third kappa shape index (κ3) is 3.68. The van der Waals surface area contributed by atoms with Gasteiger partial charge in [-0.25, -0.2) is 0 Å². The molecule has 1 amide bonds. The molecule has 1 aliphatic carbocycles. The van der Waals surface area contributed by atoms with E-state index in [0.29, 0.717) is 15.8 Å². The first kappa shape index (κ1) is 21.4. The Morgan fingerprint density at radius 3 is 2.77 bits per heavy atom. The Hall–Kier alpha value is -1.82. The minimum Gasteiger partial charge on any atom is -0.491 e. The summed E-state index contributed by atoms with van der Waals surface area (Å²) in [5.74, 6) is 0.990. The van der Waals surface area contributed by atoms with Gasteiger partial charge in [-0.3, -0.25) is 9.78 Å². The van der Waals surface area contributed by atoms with Crippen LogP contribution in [0.25, 0.3) is 0 Å². The number of carbonyl (C=O) groups is 1. The molecule has 1 aliphatic heterocycles. The lowest BCUT2D eigenvalue weighted by Gasteiger charge is -2.45. The van der Waals surface area contributed by atoms with E-state index in [9.17, 15) is 4.79 Å². The molecule has 30 heavy (non-hydrogen) atoms. The number of hydrogen-bond donors (Lipinski definition) is 2. The number of benzene rings is 1. The number of fused-ring (bicyclic) bond motifs is 1. The summed E-state index contributed by atoms with van der Waals surface area (Å²) in [5, 5.41) is 13.4. The number of aliphatic hydroxyl groups is 1. The predicted octanol–water partition coefficient (Wildman–Crippen LogP) is 4.56. The smallest absolute Gasteiger partial charge is 0.226 e. The number of pyridine rings is 1. The molecule has 0 bridgehead atoms. The molecule has 2 aliphatic rings. The molecule has 0 radical (unpaired) electrons. The van der Waals surface area contributed by atoms with E-state index in [-0.39, 0.29) is 42.9 Å². The third-order valence-corrected chi connectivity index (χ3v) is 7.32. The lowest BCUT2D eigenvalue weighted by atomic mass is 9.56. The molecule has 2 aromatic rings. The normalized spacial score (nSPS) is 30.6. The lowest BCUT2D eigenvalue weighted by Crippen LogP contribution is -2.42. The number of halogens is 2. The molecule has 5 atom stereocenters. The molecule has 0 unspecified atom stereocenters. The van der Waals surface area contributed by atoms with Crippen molar-refractivity contribution in [1.82, 2.24) is 10.3 Å². The minimum atomic E-state index is -0.432. The average Bonchev–Trinajstić information content (AvgIpc) is 2.95. The van der Waals surface area contributed by atoms with Crippen molar-refractivity contribution in [2.75, 3.05) is 13.2 Å². The molecule has 1 aromatic carbocycles. The fraction of sp³-hybridized carbons (Fsp3) is 0.478. The second-order valence-corrected chi connectivity index (χ2v) is 9.38. The van der Waals surface area contributed by atoms with Crippen molar-refractivity contribution in [3.05, 3.63) is 57.8 Å². The van der Waals surface area contributed by atoms with Crippen molar-refractivity contribution >= 4 is 29.1 Å². The van der Waals surface area contributed by atoms with Crippen molar-refractivity contribution in [1.29, 1.82) is 0 Å². The number of ether oxygens (including phenoxy) is 1. The highest BCUT2D eigenvalue weighted by molar-refractivity contribution is 6.31. The van der Waals surface area contributed by atoms with Crippen LogP contribution in [0.3, 0.4) is 0 Å². The van der Waals surface area contributed by atoms with Crippen molar-refractivity contribution < 1.29 is 14.6 Å². The standard InChI is InChI=1S/C23H26Cl2N2O3/c1-13-21-20(19-6-3-14(24)12-26-19)17(7-8-23(21,2)22(29)27-13)16-5-4-15(11-18(16)25)30-10-9-28/h3-6,11-13,17,20-21,28H,7-10H2,1-2H3,(H,27,29)/t13-,17+,20-,21+,23-/m1/s1. The van der Waals surface area contributed by atoms with E-state index >= 15 is 0 Å². The van der Waals surface area contributed by atoms with Crippen LogP contribution in [0.5, 0.6) is 5.75 Å². The van der Waals surface area contributed by atoms with Gasteiger partial charge in [-0.1, -0.05) is 36.2 Å². The van der Waals surface area contributed by atoms with Crippen molar-refractivity contribution in [3.8, 4) is 5.75 Å². The number of rotatable bonds is 5. The highest BCUT2D eigenvalue weighted by atomic mass is 35.5. The van der Waals surface area contributed by atoms with Crippen LogP contribution >= 0.6 is 23.2 Å². The zero-order chi connectivity index (χ0) is 21.5. The molecule has 1 saturated carbocycles. The van der Waals surface area contributed by atoms with Gasteiger partial charge >= 0.3 is 0 Å². The molecule has 0 spiro atoms. The molecule has 4 rings (SSSR count). The number of hydrogen-bond acceptors (Lipinski definition) is 4. The SMILES string of the molecule is C[C@H]1NC(=O)[C@]2(C)CC[C@@H](c3ccc(OCCO)cc3Cl)[C@H](c3ccc(Cl)cn3)[C@H]12. The van der Waals surface area contributed by atoms with Crippen LogP contribution in [-0.4, -0.2) is 35.3 Å². The molecule has 160 valence electrons. The Bertz CT molecular complexity index is 937. The van der Waals surface area contributed by atoms with E-state index in [4.69, 9.17) is 33.0 Å². The van der Waals surface area contributed by atoms with Gasteiger partial charge in [0, 0.05) is 34.8 Å². The summed E-state index contributed by atoms with van der Waals surface area (Å²) in [6.07, 6.45) is 3.29. The van der Waals surface area contributed by atoms with Crippen LogP contribution in [-0.2, 0) is 4.79 Å². The molecular formula is C23H26Cl2N2O3. The number of nitrogens with one attached hydrogen (secondary N) is 1. The van der Waals surface area contributed by atoms with Gasteiger partial charge in [0.25, 0.3) is 0 Å². The van der Waals surface area contributed by atoms with Crippen LogP contribution in [0.1, 0.15) is 49.8 Å². The maximum atomic E-state index is 12.8. The first-order valence-electron chi connectivity index (χ1n) is 10.3. The van der Waals surface area contributed by atoms with E-state index in [1.165, 1.54) is 0 Å². The Labute approximate surface area is 186 Å². The van der Waals surface area contributed by atoms with E-state index in [0.717, 1.165) is 24.1 Å². The maximum Gasteiger partial charge on any atom is 0.226 e. The van der Waals surface area contributed by atoms with Gasteiger partial charge in [-0.05, 0) is 55.5 Å². The third-order valence-electron chi connectivity index (χ3n) is 6.77. The summed E-state index contributed by atoms with van der Waals surface area (Å²) in [4.78, 5) is 17.5. The summed E-state index contributed by atoms with van der Waals surface area (Å²) in [6, 6.07) is 9.55. The highest BCUT2D eigenvalue weighted by Gasteiger charge is 2.58. The fourth-order valence-corrected chi connectivity index (χ4v) is 5.85. The Morgan fingerprint density at radius 1 is 1.30 bits per heavy atom. The van der Waals surface area contributed by atoms with Gasteiger partial charge < -0.3 is 15.2 Å². The van der Waals surface area contributed by atoms with Gasteiger partial charge in [0.05, 0.1) is 17.0 Å². The Morgan fingerprint density at radius 2 is 2.10 bits per heavy atom. The maximum absolute atomic E-state index is 12.8. The van der Waals surface area contributed by atoms with Crippen molar-refractivity contribution in [2.45, 2.75) is 44.6 Å². The summed E-state index contributed by atoms with van der Waals surface area (Å²) in [7, 11) is 0. The number of amides is 1. The quantitative estimate of drug-likeness (QED) is 0.702. The van der Waals surface area contributed by atoms with Crippen LogP contribution in [0.15, 0.2) is 36.5 Å². The van der Waals surface area contributed by atoms with E-state index < -0.39 is 5.41 Å². The number of aliphatic hydroxyl groups excluding tert-OH is 1. The summed E-state index contributed by atoms with van der Waals surface area (Å²) >= 11 is 12.8. The second-order valence-electron chi connectivity index (χ2n) is 8.53. The topological polar surface area (TPSA) is 71.5 Å². The van der Waals surface area contributed by atoms with Crippen molar-refractivity contribution in [3.63, 3.8) is 0 Å². The molecule has 2 N–H and O–H groups in total. The molecule has 5 nitrogen and oxygen atoms in total.